The Kier molecular flexibility index (Phi) is 5.98. The maximum atomic E-state index is 13.3. The van der Waals surface area contributed by atoms with E-state index >= 15 is 0 Å². The van der Waals surface area contributed by atoms with Crippen LogP contribution in [0, 0.1) is 0 Å². The lowest BCUT2D eigenvalue weighted by atomic mass is 9.78. The number of carbonyl (C=O) groups excluding carboxylic acids is 1. The summed E-state index contributed by atoms with van der Waals surface area (Å²) >= 11 is 0.948. The quantitative estimate of drug-likeness (QED) is 0.772. The maximum absolute atomic E-state index is 13.3. The summed E-state index contributed by atoms with van der Waals surface area (Å²) in [5.74, 6) is -0.372. The first-order chi connectivity index (χ1) is 12.2. The Morgan fingerprint density at radius 2 is 1.85 bits per heavy atom. The second kappa shape index (κ2) is 7.44. The number of hydrogen-bond acceptors (Lipinski definition) is 7. The van der Waals surface area contributed by atoms with E-state index in [-0.39, 0.29) is 16.4 Å². The Labute approximate surface area is 160 Å². The van der Waals surface area contributed by atoms with Gasteiger partial charge in [0.1, 0.15) is 0 Å². The molecule has 1 aromatic heterocycles. The minimum Gasteiger partial charge on any atom is -0.400 e. The van der Waals surface area contributed by atoms with Crippen molar-refractivity contribution in [3.8, 4) is 0 Å². The number of nitrogens with two attached hydrogens (primary N) is 1. The summed E-state index contributed by atoms with van der Waals surface area (Å²) in [5.41, 5.74) is 2.89. The van der Waals surface area contributed by atoms with E-state index in [1.54, 1.807) is 0 Å². The van der Waals surface area contributed by atoms with Gasteiger partial charge in [-0.15, -0.1) is 0 Å². The van der Waals surface area contributed by atoms with Crippen LogP contribution in [0.1, 0.15) is 45.9 Å². The van der Waals surface area contributed by atoms with E-state index in [0.29, 0.717) is 5.47 Å². The zero-order valence-corrected chi connectivity index (χ0v) is 16.5. The smallest absolute Gasteiger partial charge is 0.400 e. The minimum atomic E-state index is -4.71. The number of aromatic nitrogens is 2. The molecular weight excluding hydrogens is 382 g/mol. The van der Waals surface area contributed by atoms with Crippen LogP contribution < -0.4 is 5.73 Å². The van der Waals surface area contributed by atoms with Gasteiger partial charge in [0.2, 0.25) is 5.95 Å². The number of hydrogen-bond donors (Lipinski definition) is 1. The van der Waals surface area contributed by atoms with E-state index < -0.39 is 36.1 Å². The van der Waals surface area contributed by atoms with Crippen LogP contribution >= 0.6 is 11.8 Å². The van der Waals surface area contributed by atoms with Gasteiger partial charge in [-0.3, -0.25) is 4.79 Å². The van der Waals surface area contributed by atoms with Gasteiger partial charge in [-0.2, -0.15) is 13.2 Å². The van der Waals surface area contributed by atoms with E-state index in [0.717, 1.165) is 18.0 Å². The van der Waals surface area contributed by atoms with Gasteiger partial charge in [0.25, 0.3) is 0 Å². The van der Waals surface area contributed by atoms with Crippen LogP contribution in [0.15, 0.2) is 11.7 Å². The third kappa shape index (κ3) is 5.02. The molecule has 1 fully saturated rings. The van der Waals surface area contributed by atoms with Gasteiger partial charge in [0, 0.05) is 24.4 Å². The van der Waals surface area contributed by atoms with E-state index in [1.807, 2.05) is 27.7 Å². The third-order valence-electron chi connectivity index (χ3n) is 4.44. The fourth-order valence-electron chi connectivity index (χ4n) is 2.29. The summed E-state index contributed by atoms with van der Waals surface area (Å²) in [6, 6.07) is 0. The Morgan fingerprint density at radius 3 is 2.33 bits per heavy atom. The summed E-state index contributed by atoms with van der Waals surface area (Å²) < 4.78 is 51.8. The second-order valence-corrected chi connectivity index (χ2v) is 8.27. The Morgan fingerprint density at radius 1 is 1.30 bits per heavy atom. The van der Waals surface area contributed by atoms with Gasteiger partial charge >= 0.3 is 13.3 Å². The molecule has 0 radical (unpaired) electrons. The van der Waals surface area contributed by atoms with Gasteiger partial charge in [-0.1, -0.05) is 17.8 Å². The van der Waals surface area contributed by atoms with Crippen molar-refractivity contribution in [1.29, 1.82) is 0 Å². The molecule has 2 rings (SSSR count). The molecule has 0 aromatic carbocycles. The third-order valence-corrected chi connectivity index (χ3v) is 5.33. The summed E-state index contributed by atoms with van der Waals surface area (Å²) in [6.45, 7) is 8.69. The predicted octanol–water partition coefficient (Wildman–Crippen LogP) is 3.37. The second-order valence-electron chi connectivity index (χ2n) is 7.12. The number of nitrogen functional groups attached to an aromatic ring is 1. The van der Waals surface area contributed by atoms with Crippen LogP contribution in [-0.2, 0) is 20.3 Å². The lowest BCUT2D eigenvalue weighted by Crippen LogP contribution is -2.41. The van der Waals surface area contributed by atoms with E-state index in [9.17, 15) is 18.0 Å². The predicted molar refractivity (Wildman–Crippen MR) is 98.6 cm³/mol. The summed E-state index contributed by atoms with van der Waals surface area (Å²) in [5, 5.41) is -0.179. The van der Waals surface area contributed by atoms with Gasteiger partial charge in [0.05, 0.1) is 11.2 Å². The Hall–Kier alpha value is -1.59. The summed E-state index contributed by atoms with van der Waals surface area (Å²) in [6.07, 6.45) is -2.47. The first kappa shape index (κ1) is 21.7. The molecular formula is C16H21BF3N3O3S. The molecule has 2 heterocycles. The molecule has 27 heavy (non-hydrogen) atoms. The number of halogens is 3. The molecule has 0 bridgehead atoms. The monoisotopic (exact) mass is 403 g/mol. The van der Waals surface area contributed by atoms with Crippen LogP contribution in [0.4, 0.5) is 19.1 Å². The number of rotatable bonds is 4. The van der Waals surface area contributed by atoms with Crippen LogP contribution in [0.5, 0.6) is 0 Å². The molecule has 1 aliphatic heterocycles. The Balaban J connectivity index is 2.48. The summed E-state index contributed by atoms with van der Waals surface area (Å²) in [4.78, 5) is 18.3. The number of alkyl halides is 3. The van der Waals surface area contributed by atoms with Crippen molar-refractivity contribution in [2.45, 2.75) is 52.0 Å². The SMILES string of the molecule is CC(=O)SCC(=Cc1cnc(N)nc1C(F)(F)F)B1OC(C)(C)C(C)(C)O1. The molecule has 1 aliphatic rings. The van der Waals surface area contributed by atoms with E-state index in [1.165, 1.54) is 13.0 Å². The zero-order valence-electron chi connectivity index (χ0n) is 15.7. The standard InChI is InChI=1S/C16H21BF3N3O3S/c1-9(24)27-8-11(17-25-14(2,3)15(4,5)26-17)6-10-7-22-13(21)23-12(10)16(18,19)20/h6-7H,8H2,1-5H3,(H2,21,22,23). The zero-order chi connectivity index (χ0) is 20.6. The highest BCUT2D eigenvalue weighted by atomic mass is 32.2. The highest BCUT2D eigenvalue weighted by Crippen LogP contribution is 2.40. The molecule has 1 aromatic rings. The van der Waals surface area contributed by atoms with Crippen molar-refractivity contribution >= 4 is 36.0 Å². The van der Waals surface area contributed by atoms with Crippen molar-refractivity contribution < 1.29 is 27.3 Å². The molecule has 0 spiro atoms. The fourth-order valence-corrected chi connectivity index (χ4v) is 2.88. The van der Waals surface area contributed by atoms with Crippen molar-refractivity contribution in [1.82, 2.24) is 9.97 Å². The van der Waals surface area contributed by atoms with Crippen molar-refractivity contribution in [2.75, 3.05) is 11.5 Å². The molecule has 148 valence electrons. The van der Waals surface area contributed by atoms with Crippen LogP contribution in [-0.4, -0.2) is 39.2 Å². The molecule has 0 amide bonds. The lowest BCUT2D eigenvalue weighted by molar-refractivity contribution is -0.141. The van der Waals surface area contributed by atoms with Gasteiger partial charge in [0.15, 0.2) is 10.8 Å². The molecule has 0 saturated carbocycles. The van der Waals surface area contributed by atoms with Crippen molar-refractivity contribution in [3.05, 3.63) is 22.9 Å². The number of nitrogens with zero attached hydrogens (tertiary/aromatic N) is 2. The van der Waals surface area contributed by atoms with E-state index in [4.69, 9.17) is 15.0 Å². The largest absolute Gasteiger partial charge is 0.491 e. The maximum Gasteiger partial charge on any atom is 0.491 e. The van der Waals surface area contributed by atoms with Crippen molar-refractivity contribution in [2.24, 2.45) is 0 Å². The van der Waals surface area contributed by atoms with Crippen LogP contribution in [0.25, 0.3) is 6.08 Å². The van der Waals surface area contributed by atoms with Gasteiger partial charge in [-0.05, 0) is 33.2 Å². The lowest BCUT2D eigenvalue weighted by Gasteiger charge is -2.32. The number of anilines is 1. The molecule has 11 heteroatoms. The average Bonchev–Trinajstić information content (AvgIpc) is 2.71. The van der Waals surface area contributed by atoms with Gasteiger partial charge < -0.3 is 15.0 Å². The van der Waals surface area contributed by atoms with Crippen LogP contribution in [0.3, 0.4) is 0 Å². The first-order valence-electron chi connectivity index (χ1n) is 8.12. The topological polar surface area (TPSA) is 87.3 Å². The molecule has 0 unspecified atom stereocenters. The fraction of sp³-hybridized carbons (Fsp3) is 0.562. The van der Waals surface area contributed by atoms with E-state index in [2.05, 4.69) is 9.97 Å². The molecule has 1 saturated heterocycles. The van der Waals surface area contributed by atoms with Gasteiger partial charge in [-0.25, -0.2) is 9.97 Å². The average molecular weight is 403 g/mol. The number of carbonyl (C=O) groups is 1. The molecule has 0 atom stereocenters. The normalized spacial score (nSPS) is 19.4. The summed E-state index contributed by atoms with van der Waals surface area (Å²) in [7, 11) is -0.902. The first-order valence-corrected chi connectivity index (χ1v) is 9.11. The van der Waals surface area contributed by atoms with Crippen LogP contribution in [0.2, 0.25) is 0 Å². The Bertz CT molecular complexity index is 753. The molecule has 6 nitrogen and oxygen atoms in total. The highest BCUT2D eigenvalue weighted by molar-refractivity contribution is 8.13. The molecule has 2 N–H and O–H groups in total. The highest BCUT2D eigenvalue weighted by Gasteiger charge is 2.52. The van der Waals surface area contributed by atoms with Crippen molar-refractivity contribution in [3.63, 3.8) is 0 Å². The number of thioether (sulfide) groups is 1. The molecule has 0 aliphatic carbocycles. The minimum absolute atomic E-state index is 0.105.